The van der Waals surface area contributed by atoms with E-state index in [1.165, 1.54) is 29.2 Å². The highest BCUT2D eigenvalue weighted by atomic mass is 35.5. The summed E-state index contributed by atoms with van der Waals surface area (Å²) < 4.78 is 32.5. The van der Waals surface area contributed by atoms with Crippen LogP contribution < -0.4 is 4.72 Å². The molecule has 0 aliphatic carbocycles. The van der Waals surface area contributed by atoms with Crippen LogP contribution in [0.5, 0.6) is 0 Å². The van der Waals surface area contributed by atoms with Gasteiger partial charge in [-0.3, -0.25) is 9.52 Å². The number of nitrogens with zero attached hydrogens (tertiary/aromatic N) is 1. The van der Waals surface area contributed by atoms with Crippen molar-refractivity contribution in [1.29, 1.82) is 0 Å². The van der Waals surface area contributed by atoms with Gasteiger partial charge in [0.05, 0.1) is 17.7 Å². The Bertz CT molecular complexity index is 1010. The Balaban J connectivity index is 1.69. The molecule has 27 heavy (non-hydrogen) atoms. The minimum atomic E-state index is -3.73. The number of sulfonamides is 1. The van der Waals surface area contributed by atoms with Crippen LogP contribution in [0, 0.1) is 0 Å². The molecule has 2 aromatic carbocycles. The molecule has 0 atom stereocenters. The quantitative estimate of drug-likeness (QED) is 0.673. The highest BCUT2D eigenvalue weighted by Gasteiger charge is 2.16. The fraction of sp³-hybridized carbons (Fsp3) is 0.105. The minimum absolute atomic E-state index is 0.102. The van der Waals surface area contributed by atoms with Gasteiger partial charge in [-0.15, -0.1) is 0 Å². The van der Waals surface area contributed by atoms with Gasteiger partial charge in [-0.2, -0.15) is 0 Å². The zero-order valence-corrected chi connectivity index (χ0v) is 16.0. The predicted molar refractivity (Wildman–Crippen MR) is 103 cm³/mol. The Morgan fingerprint density at radius 2 is 1.74 bits per heavy atom. The number of nitrogens with one attached hydrogen (secondary N) is 1. The maximum atomic E-state index is 12.5. The third-order valence-corrected chi connectivity index (χ3v) is 5.48. The van der Waals surface area contributed by atoms with Gasteiger partial charge in [-0.05, 0) is 60.7 Å². The van der Waals surface area contributed by atoms with Crippen LogP contribution in [-0.2, 0) is 16.6 Å². The normalized spacial score (nSPS) is 11.2. The summed E-state index contributed by atoms with van der Waals surface area (Å²) in [6, 6.07) is 15.6. The molecule has 0 radical (unpaired) electrons. The Morgan fingerprint density at radius 1 is 1.07 bits per heavy atom. The highest BCUT2D eigenvalue weighted by Crippen LogP contribution is 2.19. The van der Waals surface area contributed by atoms with E-state index in [1.807, 2.05) is 0 Å². The van der Waals surface area contributed by atoms with Gasteiger partial charge in [0.2, 0.25) is 0 Å². The van der Waals surface area contributed by atoms with Crippen LogP contribution in [0.4, 0.5) is 5.69 Å². The second kappa shape index (κ2) is 7.85. The predicted octanol–water partition coefficient (Wildman–Crippen LogP) is 4.01. The lowest BCUT2D eigenvalue weighted by Gasteiger charge is -2.16. The van der Waals surface area contributed by atoms with Crippen molar-refractivity contribution in [3.63, 3.8) is 0 Å². The van der Waals surface area contributed by atoms with Crippen LogP contribution in [0.1, 0.15) is 16.1 Å². The molecular weight excluding hydrogens is 388 g/mol. The van der Waals surface area contributed by atoms with Gasteiger partial charge < -0.3 is 9.32 Å². The number of carbonyl (C=O) groups excluding carboxylic acids is 1. The van der Waals surface area contributed by atoms with Crippen LogP contribution in [0.25, 0.3) is 0 Å². The number of hydrogen-bond donors (Lipinski definition) is 1. The molecular formula is C19H17ClN2O4S. The first kappa shape index (κ1) is 19.0. The topological polar surface area (TPSA) is 79.6 Å². The van der Waals surface area contributed by atoms with Crippen molar-refractivity contribution in [2.45, 2.75) is 11.4 Å². The van der Waals surface area contributed by atoms with E-state index in [1.54, 1.807) is 49.7 Å². The SMILES string of the molecule is CN(Cc1ccco1)C(=O)c1ccc(NS(=O)(=O)c2ccc(Cl)cc2)cc1. The van der Waals surface area contributed by atoms with Crippen molar-refractivity contribution in [3.05, 3.63) is 83.3 Å². The molecule has 0 unspecified atom stereocenters. The molecule has 0 aliphatic heterocycles. The smallest absolute Gasteiger partial charge is 0.261 e. The molecule has 1 heterocycles. The lowest BCUT2D eigenvalue weighted by atomic mass is 10.2. The summed E-state index contributed by atoms with van der Waals surface area (Å²) in [4.78, 5) is 14.1. The average Bonchev–Trinajstić information content (AvgIpc) is 3.15. The number of halogens is 1. The van der Waals surface area contributed by atoms with Crippen molar-refractivity contribution >= 4 is 33.2 Å². The molecule has 0 spiro atoms. The van der Waals surface area contributed by atoms with Crippen molar-refractivity contribution in [2.75, 3.05) is 11.8 Å². The molecule has 1 amide bonds. The lowest BCUT2D eigenvalue weighted by Crippen LogP contribution is -2.26. The Labute approximate surface area is 162 Å². The first-order valence-corrected chi connectivity index (χ1v) is 9.87. The van der Waals surface area contributed by atoms with Crippen LogP contribution in [-0.4, -0.2) is 26.3 Å². The van der Waals surface area contributed by atoms with Crippen LogP contribution in [0.2, 0.25) is 5.02 Å². The van der Waals surface area contributed by atoms with Crippen molar-refractivity contribution in [2.24, 2.45) is 0 Å². The van der Waals surface area contributed by atoms with Gasteiger partial charge >= 0.3 is 0 Å². The zero-order chi connectivity index (χ0) is 19.4. The van der Waals surface area contributed by atoms with Gasteiger partial charge in [0, 0.05) is 23.3 Å². The van der Waals surface area contributed by atoms with E-state index in [2.05, 4.69) is 4.72 Å². The van der Waals surface area contributed by atoms with Gasteiger partial charge in [-0.25, -0.2) is 8.42 Å². The fourth-order valence-corrected chi connectivity index (χ4v) is 3.62. The van der Waals surface area contributed by atoms with Gasteiger partial charge in [0.1, 0.15) is 5.76 Å². The largest absolute Gasteiger partial charge is 0.467 e. The van der Waals surface area contributed by atoms with E-state index in [9.17, 15) is 13.2 Å². The molecule has 1 N–H and O–H groups in total. The Morgan fingerprint density at radius 3 is 2.33 bits per heavy atom. The van der Waals surface area contributed by atoms with Crippen molar-refractivity contribution in [1.82, 2.24) is 4.90 Å². The van der Waals surface area contributed by atoms with Crippen LogP contribution >= 0.6 is 11.6 Å². The summed E-state index contributed by atoms with van der Waals surface area (Å²) >= 11 is 5.78. The summed E-state index contributed by atoms with van der Waals surface area (Å²) in [7, 11) is -2.06. The maximum absolute atomic E-state index is 12.5. The number of anilines is 1. The second-order valence-corrected chi connectivity index (χ2v) is 8.00. The summed E-state index contributed by atoms with van der Waals surface area (Å²) in [5.41, 5.74) is 0.800. The molecule has 0 bridgehead atoms. The van der Waals surface area contributed by atoms with Gasteiger partial charge in [0.25, 0.3) is 15.9 Å². The summed E-state index contributed by atoms with van der Waals surface area (Å²) in [6.07, 6.45) is 1.55. The van der Waals surface area contributed by atoms with Crippen molar-refractivity contribution in [3.8, 4) is 0 Å². The molecule has 3 rings (SSSR count). The summed E-state index contributed by atoms with van der Waals surface area (Å²) in [5.74, 6) is 0.483. The maximum Gasteiger partial charge on any atom is 0.261 e. The van der Waals surface area contributed by atoms with E-state index in [0.29, 0.717) is 28.6 Å². The number of amides is 1. The first-order chi connectivity index (χ1) is 12.8. The van der Waals surface area contributed by atoms with E-state index in [-0.39, 0.29) is 10.8 Å². The molecule has 3 aromatic rings. The summed E-state index contributed by atoms with van der Waals surface area (Å²) in [6.45, 7) is 0.344. The lowest BCUT2D eigenvalue weighted by molar-refractivity contribution is 0.0775. The molecule has 140 valence electrons. The Kier molecular flexibility index (Phi) is 5.53. The van der Waals surface area contributed by atoms with Gasteiger partial charge in [-0.1, -0.05) is 11.6 Å². The molecule has 0 fully saturated rings. The second-order valence-electron chi connectivity index (χ2n) is 5.88. The number of rotatable bonds is 6. The zero-order valence-electron chi connectivity index (χ0n) is 14.4. The third-order valence-electron chi connectivity index (χ3n) is 3.83. The average molecular weight is 405 g/mol. The third kappa shape index (κ3) is 4.69. The molecule has 0 saturated carbocycles. The number of benzene rings is 2. The fourth-order valence-electron chi connectivity index (χ4n) is 2.44. The number of furan rings is 1. The standard InChI is InChI=1S/C19H17ClN2O4S/c1-22(13-17-3-2-12-26-17)19(23)14-4-8-16(9-5-14)21-27(24,25)18-10-6-15(20)7-11-18/h2-12,21H,13H2,1H3. The highest BCUT2D eigenvalue weighted by molar-refractivity contribution is 7.92. The van der Waals surface area contributed by atoms with E-state index in [4.69, 9.17) is 16.0 Å². The van der Waals surface area contributed by atoms with Gasteiger partial charge in [0.15, 0.2) is 0 Å². The number of hydrogen-bond acceptors (Lipinski definition) is 4. The van der Waals surface area contributed by atoms with Crippen LogP contribution in [0.3, 0.4) is 0 Å². The molecule has 6 nitrogen and oxygen atoms in total. The molecule has 8 heteroatoms. The molecule has 0 saturated heterocycles. The minimum Gasteiger partial charge on any atom is -0.467 e. The molecule has 0 aliphatic rings. The molecule has 1 aromatic heterocycles. The van der Waals surface area contributed by atoms with Crippen molar-refractivity contribution < 1.29 is 17.6 Å². The number of carbonyl (C=O) groups is 1. The van der Waals surface area contributed by atoms with Crippen LogP contribution in [0.15, 0.2) is 76.2 Å². The monoisotopic (exact) mass is 404 g/mol. The van der Waals surface area contributed by atoms with E-state index < -0.39 is 10.0 Å². The Hall–Kier alpha value is -2.77. The first-order valence-electron chi connectivity index (χ1n) is 8.01. The summed E-state index contributed by atoms with van der Waals surface area (Å²) in [5, 5.41) is 0.454. The van der Waals surface area contributed by atoms with E-state index >= 15 is 0 Å². The van der Waals surface area contributed by atoms with E-state index in [0.717, 1.165) is 0 Å².